The normalized spacial score (nSPS) is 12.5. The fourth-order valence-corrected chi connectivity index (χ4v) is 1.62. The van der Waals surface area contributed by atoms with Crippen LogP contribution >= 0.6 is 0 Å². The standard InChI is InChI=1S/C12H20N2O/c1-4-12(14-5-2)10-7-11(15-6-3)9-13-8-10/h7-9,12,14H,4-6H2,1-3H3. The Bertz CT molecular complexity index is 289. The van der Waals surface area contributed by atoms with Crippen LogP contribution in [0, 0.1) is 0 Å². The zero-order valence-electron chi connectivity index (χ0n) is 9.79. The van der Waals surface area contributed by atoms with E-state index in [-0.39, 0.29) is 0 Å². The Hall–Kier alpha value is -1.09. The Morgan fingerprint density at radius 3 is 2.73 bits per heavy atom. The number of hydrogen-bond acceptors (Lipinski definition) is 3. The molecule has 0 aromatic carbocycles. The van der Waals surface area contributed by atoms with Gasteiger partial charge in [0.2, 0.25) is 0 Å². The largest absolute Gasteiger partial charge is 0.492 e. The Balaban J connectivity index is 2.77. The molecule has 84 valence electrons. The van der Waals surface area contributed by atoms with E-state index in [0.29, 0.717) is 12.6 Å². The third-order valence-corrected chi connectivity index (χ3v) is 2.31. The molecule has 3 heteroatoms. The van der Waals surface area contributed by atoms with Crippen molar-refractivity contribution in [3.05, 3.63) is 24.0 Å². The van der Waals surface area contributed by atoms with E-state index in [0.717, 1.165) is 18.7 Å². The lowest BCUT2D eigenvalue weighted by Gasteiger charge is -2.16. The number of aromatic nitrogens is 1. The van der Waals surface area contributed by atoms with Crippen LogP contribution in [-0.4, -0.2) is 18.1 Å². The molecule has 15 heavy (non-hydrogen) atoms. The lowest BCUT2D eigenvalue weighted by Crippen LogP contribution is -2.20. The molecule has 1 rings (SSSR count). The van der Waals surface area contributed by atoms with E-state index < -0.39 is 0 Å². The van der Waals surface area contributed by atoms with Crippen molar-refractivity contribution in [2.75, 3.05) is 13.2 Å². The van der Waals surface area contributed by atoms with Gasteiger partial charge in [-0.15, -0.1) is 0 Å². The van der Waals surface area contributed by atoms with Gasteiger partial charge in [0.05, 0.1) is 12.8 Å². The zero-order chi connectivity index (χ0) is 11.1. The van der Waals surface area contributed by atoms with Gasteiger partial charge in [-0.3, -0.25) is 4.98 Å². The Labute approximate surface area is 91.9 Å². The molecule has 0 radical (unpaired) electrons. The lowest BCUT2D eigenvalue weighted by molar-refractivity contribution is 0.337. The van der Waals surface area contributed by atoms with Crippen LogP contribution in [0.5, 0.6) is 5.75 Å². The van der Waals surface area contributed by atoms with Gasteiger partial charge in [0.1, 0.15) is 5.75 Å². The molecule has 0 fully saturated rings. The van der Waals surface area contributed by atoms with Crippen LogP contribution < -0.4 is 10.1 Å². The first-order valence-corrected chi connectivity index (χ1v) is 5.62. The zero-order valence-corrected chi connectivity index (χ0v) is 9.79. The first-order valence-electron chi connectivity index (χ1n) is 5.62. The SMILES string of the molecule is CCNC(CC)c1cncc(OCC)c1. The maximum absolute atomic E-state index is 5.43. The smallest absolute Gasteiger partial charge is 0.137 e. The minimum atomic E-state index is 0.378. The predicted octanol–water partition coefficient (Wildman–Crippen LogP) is 2.54. The van der Waals surface area contributed by atoms with Crippen molar-refractivity contribution in [1.82, 2.24) is 10.3 Å². The maximum atomic E-state index is 5.43. The minimum absolute atomic E-state index is 0.378. The number of nitrogens with zero attached hydrogens (tertiary/aromatic N) is 1. The second-order valence-corrected chi connectivity index (χ2v) is 3.41. The van der Waals surface area contributed by atoms with Gasteiger partial charge >= 0.3 is 0 Å². The Morgan fingerprint density at radius 2 is 2.13 bits per heavy atom. The molecule has 3 nitrogen and oxygen atoms in total. The van der Waals surface area contributed by atoms with E-state index in [1.807, 2.05) is 13.1 Å². The summed E-state index contributed by atoms with van der Waals surface area (Å²) >= 11 is 0. The third kappa shape index (κ3) is 3.51. The average molecular weight is 208 g/mol. The first kappa shape index (κ1) is 12.0. The van der Waals surface area contributed by atoms with Crippen LogP contribution in [0.2, 0.25) is 0 Å². The molecule has 1 unspecified atom stereocenters. The van der Waals surface area contributed by atoms with Crippen molar-refractivity contribution < 1.29 is 4.74 Å². The maximum Gasteiger partial charge on any atom is 0.137 e. The molecule has 1 aromatic rings. The van der Waals surface area contributed by atoms with E-state index in [4.69, 9.17) is 4.74 Å². The second-order valence-electron chi connectivity index (χ2n) is 3.41. The molecular weight excluding hydrogens is 188 g/mol. The Morgan fingerprint density at radius 1 is 1.33 bits per heavy atom. The van der Waals surface area contributed by atoms with Crippen molar-refractivity contribution >= 4 is 0 Å². The topological polar surface area (TPSA) is 34.2 Å². The first-order chi connectivity index (χ1) is 7.31. The molecule has 0 bridgehead atoms. The average Bonchev–Trinajstić information content (AvgIpc) is 2.27. The molecule has 0 aliphatic carbocycles. The van der Waals surface area contributed by atoms with E-state index in [1.54, 1.807) is 6.20 Å². The molecule has 0 aliphatic rings. The number of rotatable bonds is 6. The van der Waals surface area contributed by atoms with Gasteiger partial charge in [-0.2, -0.15) is 0 Å². The van der Waals surface area contributed by atoms with Crippen molar-refractivity contribution in [1.29, 1.82) is 0 Å². The monoisotopic (exact) mass is 208 g/mol. The van der Waals surface area contributed by atoms with Gasteiger partial charge in [-0.1, -0.05) is 13.8 Å². The van der Waals surface area contributed by atoms with Crippen LogP contribution in [0.1, 0.15) is 38.8 Å². The van der Waals surface area contributed by atoms with Crippen LogP contribution in [0.3, 0.4) is 0 Å². The molecule has 0 saturated carbocycles. The summed E-state index contributed by atoms with van der Waals surface area (Å²) in [6.07, 6.45) is 4.72. The van der Waals surface area contributed by atoms with E-state index in [9.17, 15) is 0 Å². The molecule has 1 aromatic heterocycles. The summed E-state index contributed by atoms with van der Waals surface area (Å²) in [6.45, 7) is 7.91. The summed E-state index contributed by atoms with van der Waals surface area (Å²) in [5.74, 6) is 0.853. The fourth-order valence-electron chi connectivity index (χ4n) is 1.62. The van der Waals surface area contributed by atoms with Gasteiger partial charge in [0.25, 0.3) is 0 Å². The molecule has 0 saturated heterocycles. The molecule has 0 amide bonds. The highest BCUT2D eigenvalue weighted by Crippen LogP contribution is 2.19. The second kappa shape index (κ2) is 6.40. The van der Waals surface area contributed by atoms with Gasteiger partial charge < -0.3 is 10.1 Å². The molecule has 1 heterocycles. The van der Waals surface area contributed by atoms with Crippen molar-refractivity contribution in [2.45, 2.75) is 33.2 Å². The van der Waals surface area contributed by atoms with Gasteiger partial charge in [-0.05, 0) is 31.5 Å². The fraction of sp³-hybridized carbons (Fsp3) is 0.583. The number of ether oxygens (including phenoxy) is 1. The van der Waals surface area contributed by atoms with E-state index in [1.165, 1.54) is 5.56 Å². The summed E-state index contributed by atoms with van der Waals surface area (Å²) in [5, 5.41) is 3.42. The number of nitrogens with one attached hydrogen (secondary N) is 1. The van der Waals surface area contributed by atoms with Crippen molar-refractivity contribution in [3.8, 4) is 5.75 Å². The third-order valence-electron chi connectivity index (χ3n) is 2.31. The highest BCUT2D eigenvalue weighted by molar-refractivity contribution is 5.25. The minimum Gasteiger partial charge on any atom is -0.492 e. The molecule has 0 aliphatic heterocycles. The van der Waals surface area contributed by atoms with Crippen molar-refractivity contribution in [2.24, 2.45) is 0 Å². The van der Waals surface area contributed by atoms with Crippen LogP contribution in [-0.2, 0) is 0 Å². The Kier molecular flexibility index (Phi) is 5.12. The highest BCUT2D eigenvalue weighted by Gasteiger charge is 2.08. The van der Waals surface area contributed by atoms with Crippen LogP contribution in [0.25, 0.3) is 0 Å². The predicted molar refractivity (Wildman–Crippen MR) is 62.1 cm³/mol. The molecule has 0 spiro atoms. The van der Waals surface area contributed by atoms with E-state index in [2.05, 4.69) is 30.2 Å². The number of hydrogen-bond donors (Lipinski definition) is 1. The molecular formula is C12H20N2O. The summed E-state index contributed by atoms with van der Waals surface area (Å²) in [7, 11) is 0. The van der Waals surface area contributed by atoms with Crippen LogP contribution in [0.4, 0.5) is 0 Å². The molecule has 1 N–H and O–H groups in total. The van der Waals surface area contributed by atoms with Crippen molar-refractivity contribution in [3.63, 3.8) is 0 Å². The lowest BCUT2D eigenvalue weighted by atomic mass is 10.1. The summed E-state index contributed by atoms with van der Waals surface area (Å²) in [5.41, 5.74) is 1.20. The van der Waals surface area contributed by atoms with Gasteiger partial charge in [-0.25, -0.2) is 0 Å². The van der Waals surface area contributed by atoms with E-state index >= 15 is 0 Å². The number of pyridine rings is 1. The van der Waals surface area contributed by atoms with Gasteiger partial charge in [0.15, 0.2) is 0 Å². The quantitative estimate of drug-likeness (QED) is 0.780. The molecule has 1 atom stereocenters. The summed E-state index contributed by atoms with van der Waals surface area (Å²) in [4.78, 5) is 4.19. The summed E-state index contributed by atoms with van der Waals surface area (Å²) < 4.78 is 5.43. The summed E-state index contributed by atoms with van der Waals surface area (Å²) in [6, 6.07) is 2.44. The highest BCUT2D eigenvalue weighted by atomic mass is 16.5. The van der Waals surface area contributed by atoms with Gasteiger partial charge in [0, 0.05) is 12.2 Å². The van der Waals surface area contributed by atoms with Crippen LogP contribution in [0.15, 0.2) is 18.5 Å².